The van der Waals surface area contributed by atoms with Gasteiger partial charge in [-0.05, 0) is 115 Å². The number of unbranched alkanes of at least 4 members (excludes halogenated alkanes) is 2. The van der Waals surface area contributed by atoms with Crippen LogP contribution in [0.15, 0.2) is 96.9 Å². The van der Waals surface area contributed by atoms with E-state index in [1.54, 1.807) is 55.8 Å². The second-order valence-electron chi connectivity index (χ2n) is 35.3. The summed E-state index contributed by atoms with van der Waals surface area (Å²) in [5, 5.41) is 75.8. The van der Waals surface area contributed by atoms with E-state index in [1.807, 2.05) is 32.0 Å². The summed E-state index contributed by atoms with van der Waals surface area (Å²) in [4.78, 5) is 266. The Bertz CT molecular complexity index is 5300. The average Bonchev–Trinajstić information content (AvgIpc) is 1.62. The van der Waals surface area contributed by atoms with E-state index < -0.39 is 241 Å². The topological polar surface area (TPSA) is 655 Å². The number of carbonyl (C=O) groups is 17. The number of imidazole rings is 1. The number of phenols is 1. The number of nitrogens with one attached hydrogen (secondary N) is 15. The van der Waals surface area contributed by atoms with E-state index in [-0.39, 0.29) is 114 Å². The fraction of sp³-hybridized carbons (Fsp3) is 0.527. The van der Waals surface area contributed by atoms with Crippen molar-refractivity contribution in [2.24, 2.45) is 23.1 Å². The molecule has 1 saturated carbocycles. The number of likely N-dealkylation sites (N-methyl/N-ethyl adjacent to an activating group) is 2. The minimum Gasteiger partial charge on any atom is -0.508 e. The number of primary amides is 2. The smallest absolute Gasteiger partial charge is 0.246 e. The first kappa shape index (κ1) is 105. The summed E-state index contributed by atoms with van der Waals surface area (Å²) in [6.07, 6.45) is 2.14. The first-order chi connectivity index (χ1) is 64.9. The molecule has 24 N–H and O–H groups in total. The van der Waals surface area contributed by atoms with Crippen LogP contribution in [0, 0.1) is 11.3 Å². The maximum atomic E-state index is 15.8. The molecule has 3 saturated heterocycles. The van der Waals surface area contributed by atoms with Crippen LogP contribution in [0.25, 0.3) is 21.0 Å². The van der Waals surface area contributed by atoms with Gasteiger partial charge in [0.1, 0.15) is 89.8 Å². The third-order valence-electron chi connectivity index (χ3n) is 24.4. The summed E-state index contributed by atoms with van der Waals surface area (Å²) >= 11 is 2.11. The molecule has 0 bridgehead atoms. The number of rotatable bonds is 26. The highest BCUT2D eigenvalue weighted by Gasteiger charge is 2.54. The van der Waals surface area contributed by atoms with Gasteiger partial charge >= 0.3 is 0 Å². The molecule has 736 valence electrons. The maximum Gasteiger partial charge on any atom is 0.246 e. The Kier molecular flexibility index (Phi) is 38.0. The first-order valence-corrected chi connectivity index (χ1v) is 47.7. The number of aromatic nitrogens is 3. The van der Waals surface area contributed by atoms with Crippen LogP contribution in [0.5, 0.6) is 5.75 Å². The fourth-order valence-electron chi connectivity index (χ4n) is 16.9. The van der Waals surface area contributed by atoms with E-state index in [4.69, 9.17) is 22.6 Å². The predicted molar refractivity (Wildman–Crippen MR) is 501 cm³/mol. The van der Waals surface area contributed by atoms with Gasteiger partial charge < -0.3 is 126 Å². The Labute approximate surface area is 793 Å². The van der Waals surface area contributed by atoms with E-state index in [2.05, 4.69) is 78.8 Å². The number of hydrogen-bond acceptors (Lipinski definition) is 24. The lowest BCUT2D eigenvalue weighted by atomic mass is 10.00. The number of phenolic OH excluding ortho intramolecular Hbond substituents is 1. The molecule has 6 heterocycles. The molecule has 45 heteroatoms. The highest BCUT2D eigenvalue weighted by molar-refractivity contribution is 8.00. The van der Waals surface area contributed by atoms with E-state index in [0.29, 0.717) is 58.7 Å². The molecule has 136 heavy (non-hydrogen) atoms. The quantitative estimate of drug-likeness (QED) is 0.0153. The lowest BCUT2D eigenvalue weighted by molar-refractivity contribution is -0.149. The van der Waals surface area contributed by atoms with Crippen molar-refractivity contribution < 1.29 is 96.8 Å². The van der Waals surface area contributed by atoms with Crippen LogP contribution in [-0.2, 0) is 107 Å². The number of guanidine groups is 1. The van der Waals surface area contributed by atoms with Gasteiger partial charge in [-0.25, -0.2) is 4.98 Å². The van der Waals surface area contributed by atoms with Gasteiger partial charge in [0.05, 0.1) is 43.5 Å². The SMILES string of the molecule is CCCC[C@H]1C(=O)N(C)[C@@H](CCCC)C(=O)N[C@@H](CCCNC(=N)N)C(=O)NC(C(=O)NCC(N)=O)CSCC(=O)N[C@@H](Cc2ccc(O)cc2)C(=O)NC2(CC2)C(=O)N[C@@H](CC(N)=O)C(=O)N2CCC[C@H]2C(=O)N[C@@H](Cc2c[nH]cn2)C(=O)N[C@@H](CC(C)C)C(=O)N2C[C@H](O)C[C@H]2C(=O)N[C@@H](Cc2c[nH]c3ccccc23)C(=O)N[C@@H](CO)C(=O)N[C@@H](Cc2csc3ccccc23)C(=O)N1C. The van der Waals surface area contributed by atoms with Gasteiger partial charge in [0, 0.05) is 99.6 Å². The van der Waals surface area contributed by atoms with E-state index in [0.717, 1.165) is 36.1 Å². The summed E-state index contributed by atoms with van der Waals surface area (Å²) < 4.78 is 0.812. The van der Waals surface area contributed by atoms with Gasteiger partial charge in [0.2, 0.25) is 100 Å². The number of aromatic hydroxyl groups is 1. The molecule has 17 amide bonds. The zero-order valence-corrected chi connectivity index (χ0v) is 78.5. The van der Waals surface area contributed by atoms with E-state index in [1.165, 1.54) is 62.2 Å². The van der Waals surface area contributed by atoms with Crippen LogP contribution in [0.1, 0.15) is 146 Å². The number of hydrogen-bond donors (Lipinski definition) is 21. The molecular formula is C91H125N23O20S2. The number of para-hydroxylation sites is 1. The van der Waals surface area contributed by atoms with Gasteiger partial charge in [-0.15, -0.1) is 23.1 Å². The van der Waals surface area contributed by atoms with E-state index in [9.17, 15) is 58.5 Å². The van der Waals surface area contributed by atoms with Gasteiger partial charge in [0.15, 0.2) is 5.96 Å². The number of amides is 17. The number of aromatic amines is 2. The molecule has 6 aromatic rings. The number of carbonyl (C=O) groups excluding carboxylic acids is 17. The normalized spacial score (nSPS) is 24.7. The molecule has 1 aliphatic carbocycles. The lowest BCUT2D eigenvalue weighted by Crippen LogP contribution is -2.62. The molecule has 3 aliphatic heterocycles. The number of nitrogens with two attached hydrogens (primary N) is 3. The molecule has 10 rings (SSSR count). The van der Waals surface area contributed by atoms with Crippen molar-refractivity contribution in [2.45, 2.75) is 240 Å². The second kappa shape index (κ2) is 49.3. The highest BCUT2D eigenvalue weighted by Crippen LogP contribution is 2.37. The molecule has 14 atom stereocenters. The zero-order chi connectivity index (χ0) is 98.8. The van der Waals surface area contributed by atoms with Crippen LogP contribution in [0.2, 0.25) is 0 Å². The minimum absolute atomic E-state index is 0.00379. The standard InChI is InChI=1S/C91H125N23O20S2/c1-7-9-21-68-82(127)102-59(20-15-31-97-90(94)95)77(122)108-67(76(121)99-42-74(93)119)46-135-47-75(120)101-60(34-50-25-27-54(116)28-26-50)81(126)110-91(29-30-91)89(134)109-65(39-73(92)118)86(131)113-32-16-23-69(113)83(128)104-62(37-53-41-96-48-100-53)79(124)105-63(33-49(3)4)87(132)114-43-55(117)38-71(114)84(129)103-61(35-51-40-98-58-19-13-11-17-56(51)58)78(123)107-66(44-115)80(125)106-64(36-52-45-136-72-24-14-12-18-57(52)72)85(130)112(6)70(22-10-8-2)88(133)111(68)5/h11-14,17-19,24-28,40-41,45,48-49,55,59-71,98,115-117H,7-10,15-16,20-23,29-39,42-44,46-47H2,1-6H3,(H2,92,118)(H2,93,119)(H,96,100)(H,99,121)(H,101,120)(H,102,127)(H,103,129)(H,104,128)(H,105,124)(H,106,125)(H,107,123)(H,108,122)(H,109,134)(H,110,126)(H4,94,95,97)/t55-,59+,60+,61+,62+,63+,64+,65+,66+,67?,68+,69+,70+,71+/m1/s1. The van der Waals surface area contributed by atoms with Crippen LogP contribution in [0.3, 0.4) is 0 Å². The number of nitrogens with zero attached hydrogens (tertiary/aromatic N) is 5. The molecule has 1 unspecified atom stereocenters. The number of aliphatic hydroxyl groups excluding tert-OH is 2. The Morgan fingerprint density at radius 3 is 1.85 bits per heavy atom. The van der Waals surface area contributed by atoms with Crippen molar-refractivity contribution in [3.8, 4) is 5.75 Å². The third kappa shape index (κ3) is 28.6. The summed E-state index contributed by atoms with van der Waals surface area (Å²) in [5.41, 5.74) is 17.4. The largest absolute Gasteiger partial charge is 0.508 e. The fourth-order valence-corrected chi connectivity index (χ4v) is 18.8. The summed E-state index contributed by atoms with van der Waals surface area (Å²) in [7, 11) is 2.70. The summed E-state index contributed by atoms with van der Waals surface area (Å²) in [6, 6.07) is -0.444. The number of aliphatic hydroxyl groups is 2. The van der Waals surface area contributed by atoms with Crippen molar-refractivity contribution >= 4 is 150 Å². The summed E-state index contributed by atoms with van der Waals surface area (Å²) in [6.45, 7) is 4.77. The van der Waals surface area contributed by atoms with Crippen LogP contribution >= 0.6 is 23.1 Å². The number of fused-ring (bicyclic) bond motifs is 4. The van der Waals surface area contributed by atoms with Crippen molar-refractivity contribution in [3.63, 3.8) is 0 Å². The molecule has 1 spiro atoms. The van der Waals surface area contributed by atoms with Crippen molar-refractivity contribution in [1.29, 1.82) is 5.41 Å². The Balaban J connectivity index is 1.02. The van der Waals surface area contributed by atoms with Crippen LogP contribution in [-0.4, -0.2) is 305 Å². The molecule has 4 fully saturated rings. The molecule has 3 aromatic carbocycles. The Morgan fingerprint density at radius 2 is 1.20 bits per heavy atom. The number of thiophene rings is 1. The first-order valence-electron chi connectivity index (χ1n) is 45.6. The number of thioether (sulfide) groups is 1. The lowest BCUT2D eigenvalue weighted by Gasteiger charge is -2.36. The second-order valence-corrected chi connectivity index (χ2v) is 37.2. The zero-order valence-electron chi connectivity index (χ0n) is 76.8. The van der Waals surface area contributed by atoms with Gasteiger partial charge in [-0.3, -0.25) is 86.9 Å². The number of benzene rings is 3. The predicted octanol–water partition coefficient (Wildman–Crippen LogP) is -2.39. The van der Waals surface area contributed by atoms with Gasteiger partial charge in [-0.1, -0.05) is 102 Å². The van der Waals surface area contributed by atoms with Crippen molar-refractivity contribution in [1.82, 2.24) is 98.4 Å². The van der Waals surface area contributed by atoms with E-state index >= 15 is 38.4 Å². The summed E-state index contributed by atoms with van der Waals surface area (Å²) in [5.74, 6) is -17.9. The third-order valence-corrected chi connectivity index (χ3v) is 26.5. The Morgan fingerprint density at radius 1 is 0.596 bits per heavy atom. The van der Waals surface area contributed by atoms with Crippen molar-refractivity contribution in [3.05, 3.63) is 119 Å². The highest BCUT2D eigenvalue weighted by atomic mass is 32.2. The average molecular weight is 1930 g/mol. The van der Waals surface area contributed by atoms with Gasteiger partial charge in [-0.2, -0.15) is 0 Å². The molecule has 0 radical (unpaired) electrons. The monoisotopic (exact) mass is 1920 g/mol. The van der Waals surface area contributed by atoms with Crippen LogP contribution < -0.4 is 81.0 Å². The molecule has 4 aliphatic rings. The molecule has 3 aromatic heterocycles. The molecule has 43 nitrogen and oxygen atoms in total. The minimum atomic E-state index is -1.88. The Hall–Kier alpha value is -13.3. The van der Waals surface area contributed by atoms with Crippen molar-refractivity contribution in [2.75, 3.05) is 58.4 Å². The number of H-pyrrole nitrogens is 2. The maximum absolute atomic E-state index is 15.8. The van der Waals surface area contributed by atoms with Crippen LogP contribution in [0.4, 0.5) is 0 Å². The molecular weight excluding hydrogens is 1800 g/mol. The van der Waals surface area contributed by atoms with Gasteiger partial charge in [0.25, 0.3) is 0 Å².